The minimum atomic E-state index is -0.198. The maximum Gasteiger partial charge on any atom is 0.315 e. The summed E-state index contributed by atoms with van der Waals surface area (Å²) in [4.78, 5) is 26.3. The van der Waals surface area contributed by atoms with E-state index in [1.165, 1.54) is 0 Å². The number of nitrogens with one attached hydrogen (secondary N) is 2. The lowest BCUT2D eigenvalue weighted by atomic mass is 9.97. The van der Waals surface area contributed by atoms with E-state index in [2.05, 4.69) is 15.5 Å². The lowest BCUT2D eigenvalue weighted by Gasteiger charge is -2.31. The molecule has 0 spiro atoms. The van der Waals surface area contributed by atoms with Gasteiger partial charge in [0.05, 0.1) is 12.5 Å². The van der Waals surface area contributed by atoms with Crippen LogP contribution in [0, 0.1) is 5.92 Å². The van der Waals surface area contributed by atoms with Gasteiger partial charge < -0.3 is 21.3 Å². The summed E-state index contributed by atoms with van der Waals surface area (Å²) in [5.74, 6) is -0.216. The normalized spacial score (nSPS) is 18.8. The molecule has 0 aromatic carbocycles. The highest BCUT2D eigenvalue weighted by atomic mass is 32.1. The Balaban J connectivity index is 1.54. The van der Waals surface area contributed by atoms with Gasteiger partial charge >= 0.3 is 6.03 Å². The Morgan fingerprint density at radius 3 is 3.00 bits per heavy atom. The minimum Gasteiger partial charge on any atom is -0.369 e. The van der Waals surface area contributed by atoms with Gasteiger partial charge in [-0.2, -0.15) is 0 Å². The van der Waals surface area contributed by atoms with Gasteiger partial charge in [0, 0.05) is 18.0 Å². The van der Waals surface area contributed by atoms with Gasteiger partial charge in [-0.1, -0.05) is 6.07 Å². The summed E-state index contributed by atoms with van der Waals surface area (Å²) < 4.78 is 0. The number of amides is 3. The van der Waals surface area contributed by atoms with Crippen molar-refractivity contribution >= 4 is 23.3 Å². The zero-order valence-corrected chi connectivity index (χ0v) is 13.5. The minimum absolute atomic E-state index is 0.0178. The summed E-state index contributed by atoms with van der Waals surface area (Å²) in [5.41, 5.74) is 5.37. The molecule has 3 amide bonds. The number of rotatable bonds is 7. The molecule has 7 heteroatoms. The highest BCUT2D eigenvalue weighted by molar-refractivity contribution is 7.09. The fourth-order valence-electron chi connectivity index (χ4n) is 2.64. The molecule has 1 aromatic rings. The maximum atomic E-state index is 11.6. The van der Waals surface area contributed by atoms with Crippen LogP contribution < -0.4 is 16.4 Å². The fraction of sp³-hybridized carbons (Fsp3) is 0.600. The summed E-state index contributed by atoms with van der Waals surface area (Å²) in [5, 5.41) is 7.68. The van der Waals surface area contributed by atoms with Crippen molar-refractivity contribution < 1.29 is 9.59 Å². The number of urea groups is 1. The van der Waals surface area contributed by atoms with E-state index in [1.807, 2.05) is 17.5 Å². The zero-order valence-electron chi connectivity index (χ0n) is 12.7. The van der Waals surface area contributed by atoms with Crippen LogP contribution in [0.15, 0.2) is 17.5 Å². The highest BCUT2D eigenvalue weighted by Crippen LogP contribution is 2.15. The van der Waals surface area contributed by atoms with E-state index in [-0.39, 0.29) is 17.9 Å². The van der Waals surface area contributed by atoms with Crippen LogP contribution >= 0.6 is 11.3 Å². The Bertz CT molecular complexity index is 478. The average Bonchev–Trinajstić information content (AvgIpc) is 3.03. The third-order valence-corrected chi connectivity index (χ3v) is 4.72. The maximum absolute atomic E-state index is 11.6. The van der Waals surface area contributed by atoms with Crippen molar-refractivity contribution in [2.24, 2.45) is 11.7 Å². The molecular formula is C15H24N4O2S. The van der Waals surface area contributed by atoms with E-state index in [9.17, 15) is 9.59 Å². The quantitative estimate of drug-likeness (QED) is 0.657. The number of piperidine rings is 1. The number of likely N-dealkylation sites (tertiary alicyclic amines) is 1. The molecule has 0 radical (unpaired) electrons. The molecule has 1 aliphatic rings. The van der Waals surface area contributed by atoms with Crippen LogP contribution in [0.1, 0.15) is 24.1 Å². The third-order valence-electron chi connectivity index (χ3n) is 3.85. The first-order chi connectivity index (χ1) is 10.6. The van der Waals surface area contributed by atoms with Crippen molar-refractivity contribution in [1.29, 1.82) is 0 Å². The van der Waals surface area contributed by atoms with Crippen LogP contribution in [0.2, 0.25) is 0 Å². The van der Waals surface area contributed by atoms with E-state index < -0.39 is 0 Å². The van der Waals surface area contributed by atoms with E-state index in [4.69, 9.17) is 5.73 Å². The van der Waals surface area contributed by atoms with Gasteiger partial charge in [-0.15, -0.1) is 11.3 Å². The molecule has 1 aromatic heterocycles. The van der Waals surface area contributed by atoms with Crippen LogP contribution in [-0.4, -0.2) is 43.0 Å². The summed E-state index contributed by atoms with van der Waals surface area (Å²) in [6.07, 6.45) is 2.79. The van der Waals surface area contributed by atoms with Gasteiger partial charge in [0.2, 0.25) is 5.91 Å². The van der Waals surface area contributed by atoms with Crippen LogP contribution in [-0.2, 0) is 11.3 Å². The first kappa shape index (κ1) is 16.8. The van der Waals surface area contributed by atoms with Gasteiger partial charge in [-0.25, -0.2) is 4.79 Å². The van der Waals surface area contributed by atoms with E-state index in [1.54, 1.807) is 11.3 Å². The molecule has 1 atom stereocenters. The number of hydrogen-bond donors (Lipinski definition) is 3. The number of primary amides is 1. The molecule has 1 saturated heterocycles. The number of carbonyl (C=O) groups excluding carboxylic acids is 2. The van der Waals surface area contributed by atoms with Gasteiger partial charge in [0.1, 0.15) is 0 Å². The molecule has 0 bridgehead atoms. The van der Waals surface area contributed by atoms with Crippen molar-refractivity contribution in [1.82, 2.24) is 15.5 Å². The fourth-order valence-corrected chi connectivity index (χ4v) is 3.28. The molecule has 2 heterocycles. The van der Waals surface area contributed by atoms with Crippen LogP contribution in [0.4, 0.5) is 4.79 Å². The Hall–Kier alpha value is -1.60. The van der Waals surface area contributed by atoms with Crippen molar-refractivity contribution in [3.63, 3.8) is 0 Å². The summed E-state index contributed by atoms with van der Waals surface area (Å²) in [7, 11) is 0. The Labute approximate surface area is 135 Å². The summed E-state index contributed by atoms with van der Waals surface area (Å²) in [6.45, 7) is 3.84. The van der Waals surface area contributed by atoms with Crippen molar-refractivity contribution in [2.75, 3.05) is 26.2 Å². The molecular weight excluding hydrogens is 300 g/mol. The number of nitrogens with zero attached hydrogens (tertiary/aromatic N) is 1. The highest BCUT2D eigenvalue weighted by Gasteiger charge is 2.23. The second kappa shape index (κ2) is 8.75. The average molecular weight is 324 g/mol. The number of carbonyl (C=O) groups is 2. The smallest absolute Gasteiger partial charge is 0.315 e. The molecule has 1 fully saturated rings. The first-order valence-corrected chi connectivity index (χ1v) is 8.59. The lowest BCUT2D eigenvalue weighted by Crippen LogP contribution is -2.42. The van der Waals surface area contributed by atoms with E-state index in [0.29, 0.717) is 13.1 Å². The molecule has 0 saturated carbocycles. The van der Waals surface area contributed by atoms with Crippen molar-refractivity contribution in [3.8, 4) is 0 Å². The first-order valence-electron chi connectivity index (χ1n) is 7.71. The predicted octanol–water partition coefficient (Wildman–Crippen LogP) is 1.13. The Morgan fingerprint density at radius 1 is 1.41 bits per heavy atom. The zero-order chi connectivity index (χ0) is 15.8. The van der Waals surface area contributed by atoms with E-state index >= 15 is 0 Å². The van der Waals surface area contributed by atoms with Crippen LogP contribution in [0.5, 0.6) is 0 Å². The van der Waals surface area contributed by atoms with Crippen LogP contribution in [0.25, 0.3) is 0 Å². The Morgan fingerprint density at radius 2 is 2.27 bits per heavy atom. The SMILES string of the molecule is NC(=O)C1CCCN(CCCNC(=O)NCc2cccs2)C1. The number of thiophene rings is 1. The summed E-state index contributed by atoms with van der Waals surface area (Å²) >= 11 is 1.63. The largest absolute Gasteiger partial charge is 0.369 e. The second-order valence-corrected chi connectivity index (χ2v) is 6.62. The molecule has 6 nitrogen and oxygen atoms in total. The lowest BCUT2D eigenvalue weighted by molar-refractivity contribution is -0.123. The monoisotopic (exact) mass is 324 g/mol. The standard InChI is InChI=1S/C15H24N4O2S/c16-14(20)12-4-1-7-19(11-12)8-3-6-17-15(21)18-10-13-5-2-9-22-13/h2,5,9,12H,1,3-4,6-8,10-11H2,(H2,16,20)(H2,17,18,21). The van der Waals surface area contributed by atoms with Gasteiger partial charge in [-0.05, 0) is 43.8 Å². The number of nitrogens with two attached hydrogens (primary N) is 1. The molecule has 122 valence electrons. The third kappa shape index (κ3) is 5.65. The van der Waals surface area contributed by atoms with Crippen LogP contribution in [0.3, 0.4) is 0 Å². The molecule has 1 unspecified atom stereocenters. The van der Waals surface area contributed by atoms with Gasteiger partial charge in [0.15, 0.2) is 0 Å². The second-order valence-electron chi connectivity index (χ2n) is 5.58. The Kier molecular flexibility index (Phi) is 6.67. The molecule has 1 aliphatic heterocycles. The number of hydrogen-bond acceptors (Lipinski definition) is 4. The van der Waals surface area contributed by atoms with E-state index in [0.717, 1.165) is 43.8 Å². The topological polar surface area (TPSA) is 87.5 Å². The predicted molar refractivity (Wildman–Crippen MR) is 87.5 cm³/mol. The molecule has 4 N–H and O–H groups in total. The van der Waals surface area contributed by atoms with Gasteiger partial charge in [0.25, 0.3) is 0 Å². The molecule has 2 rings (SSSR count). The van der Waals surface area contributed by atoms with Crippen molar-refractivity contribution in [2.45, 2.75) is 25.8 Å². The van der Waals surface area contributed by atoms with Gasteiger partial charge in [-0.3, -0.25) is 4.79 Å². The summed E-state index contributed by atoms with van der Waals surface area (Å²) in [6, 6.07) is 3.83. The molecule has 0 aliphatic carbocycles. The van der Waals surface area contributed by atoms with Crippen molar-refractivity contribution in [3.05, 3.63) is 22.4 Å². The molecule has 22 heavy (non-hydrogen) atoms.